The van der Waals surface area contributed by atoms with Gasteiger partial charge in [-0.2, -0.15) is 0 Å². The Kier molecular flexibility index (Phi) is 4.68. The van der Waals surface area contributed by atoms with E-state index < -0.39 is 17.9 Å². The lowest BCUT2D eigenvalue weighted by molar-refractivity contribution is -0.284. The van der Waals surface area contributed by atoms with Gasteiger partial charge in [-0.15, -0.1) is 6.58 Å². The first-order valence-corrected chi connectivity index (χ1v) is 5.61. The van der Waals surface area contributed by atoms with E-state index in [4.69, 9.17) is 19.3 Å². The highest BCUT2D eigenvalue weighted by Crippen LogP contribution is 2.29. The van der Waals surface area contributed by atoms with Gasteiger partial charge in [-0.05, 0) is 20.3 Å². The molecule has 98 valence electrons. The molecule has 1 rings (SSSR count). The summed E-state index contributed by atoms with van der Waals surface area (Å²) in [5.41, 5.74) is 0. The Morgan fingerprint density at radius 2 is 2.29 bits per heavy atom. The van der Waals surface area contributed by atoms with Gasteiger partial charge >= 0.3 is 5.97 Å². The lowest BCUT2D eigenvalue weighted by Crippen LogP contribution is -2.47. The molecule has 0 aliphatic carbocycles. The minimum absolute atomic E-state index is 0.253. The SMILES string of the molecule is C=CC(C(OC)C(=O)O)[C@@H]1CCOC(C)(C)O1. The number of carboxylic acid groups (broad SMARTS) is 1. The minimum atomic E-state index is -1.01. The standard InChI is InChI=1S/C12H20O5/c1-5-8(10(15-4)11(13)14)9-6-7-16-12(2,3)17-9/h5,8-10H,1,6-7H2,2-4H3,(H,13,14)/t8?,9-,10?/m0/s1. The second kappa shape index (κ2) is 5.62. The van der Waals surface area contributed by atoms with Crippen molar-refractivity contribution in [3.05, 3.63) is 12.7 Å². The second-order valence-electron chi connectivity index (χ2n) is 4.50. The summed E-state index contributed by atoms with van der Waals surface area (Å²) in [7, 11) is 1.37. The van der Waals surface area contributed by atoms with E-state index >= 15 is 0 Å². The molecule has 1 aliphatic rings. The Balaban J connectivity index is 2.79. The fourth-order valence-electron chi connectivity index (χ4n) is 2.04. The van der Waals surface area contributed by atoms with Crippen LogP contribution in [0.1, 0.15) is 20.3 Å². The van der Waals surface area contributed by atoms with Crippen molar-refractivity contribution >= 4 is 5.97 Å². The van der Waals surface area contributed by atoms with Gasteiger partial charge in [0.2, 0.25) is 0 Å². The Labute approximate surface area is 101 Å². The van der Waals surface area contributed by atoms with Gasteiger partial charge in [0.25, 0.3) is 0 Å². The number of hydrogen-bond acceptors (Lipinski definition) is 4. The zero-order valence-corrected chi connectivity index (χ0v) is 10.5. The molecule has 1 aliphatic heterocycles. The van der Waals surface area contributed by atoms with Crippen molar-refractivity contribution in [1.82, 2.24) is 0 Å². The fraction of sp³-hybridized carbons (Fsp3) is 0.750. The second-order valence-corrected chi connectivity index (χ2v) is 4.50. The summed E-state index contributed by atoms with van der Waals surface area (Å²) in [4.78, 5) is 11.1. The van der Waals surface area contributed by atoms with E-state index in [9.17, 15) is 4.79 Å². The molecule has 0 aromatic carbocycles. The lowest BCUT2D eigenvalue weighted by Gasteiger charge is -2.39. The van der Waals surface area contributed by atoms with E-state index in [0.717, 1.165) is 0 Å². The maximum absolute atomic E-state index is 11.1. The molecule has 1 heterocycles. The number of aliphatic carboxylic acids is 1. The summed E-state index contributed by atoms with van der Waals surface area (Å²) < 4.78 is 16.1. The Morgan fingerprint density at radius 3 is 2.71 bits per heavy atom. The third-order valence-electron chi connectivity index (χ3n) is 2.84. The average molecular weight is 244 g/mol. The summed E-state index contributed by atoms with van der Waals surface area (Å²) in [6.45, 7) is 7.83. The van der Waals surface area contributed by atoms with E-state index in [2.05, 4.69) is 6.58 Å². The van der Waals surface area contributed by atoms with Gasteiger partial charge < -0.3 is 19.3 Å². The van der Waals surface area contributed by atoms with E-state index in [-0.39, 0.29) is 12.0 Å². The van der Waals surface area contributed by atoms with Crippen molar-refractivity contribution in [2.75, 3.05) is 13.7 Å². The topological polar surface area (TPSA) is 65.0 Å². The Hall–Kier alpha value is -0.910. The van der Waals surface area contributed by atoms with Crippen molar-refractivity contribution in [2.45, 2.75) is 38.3 Å². The summed E-state index contributed by atoms with van der Waals surface area (Å²) in [5.74, 6) is -2.09. The predicted octanol–water partition coefficient (Wildman–Crippen LogP) is 1.43. The van der Waals surface area contributed by atoms with E-state index in [1.54, 1.807) is 6.08 Å². The normalized spacial score (nSPS) is 27.1. The van der Waals surface area contributed by atoms with Gasteiger partial charge in [0.1, 0.15) is 0 Å². The highest BCUT2D eigenvalue weighted by atomic mass is 16.7. The molecule has 0 bridgehead atoms. The van der Waals surface area contributed by atoms with Gasteiger partial charge in [-0.3, -0.25) is 0 Å². The van der Waals surface area contributed by atoms with E-state index in [1.807, 2.05) is 13.8 Å². The molecule has 0 radical (unpaired) electrons. The summed E-state index contributed by atoms with van der Waals surface area (Å²) in [5, 5.41) is 9.08. The average Bonchev–Trinajstić information content (AvgIpc) is 2.23. The molecule has 0 spiro atoms. The quantitative estimate of drug-likeness (QED) is 0.741. The van der Waals surface area contributed by atoms with Crippen LogP contribution in [-0.2, 0) is 19.0 Å². The van der Waals surface area contributed by atoms with Crippen LogP contribution in [0.25, 0.3) is 0 Å². The number of carbonyl (C=O) groups is 1. The predicted molar refractivity (Wildman–Crippen MR) is 61.6 cm³/mol. The van der Waals surface area contributed by atoms with Crippen molar-refractivity contribution in [1.29, 1.82) is 0 Å². The van der Waals surface area contributed by atoms with Crippen LogP contribution in [-0.4, -0.2) is 42.8 Å². The molecule has 1 fully saturated rings. The van der Waals surface area contributed by atoms with Crippen LogP contribution in [0.2, 0.25) is 0 Å². The Morgan fingerprint density at radius 1 is 1.65 bits per heavy atom. The number of ether oxygens (including phenoxy) is 3. The van der Waals surface area contributed by atoms with Crippen LogP contribution in [0, 0.1) is 5.92 Å². The molecular formula is C12H20O5. The zero-order chi connectivity index (χ0) is 13.1. The van der Waals surface area contributed by atoms with Crippen molar-refractivity contribution < 1.29 is 24.1 Å². The monoisotopic (exact) mass is 244 g/mol. The van der Waals surface area contributed by atoms with E-state index in [1.165, 1.54) is 7.11 Å². The van der Waals surface area contributed by atoms with Crippen molar-refractivity contribution in [3.8, 4) is 0 Å². The first-order chi connectivity index (χ1) is 7.91. The largest absolute Gasteiger partial charge is 0.479 e. The summed E-state index contributed by atoms with van der Waals surface area (Å²) >= 11 is 0. The highest BCUT2D eigenvalue weighted by molar-refractivity contribution is 5.73. The summed E-state index contributed by atoms with van der Waals surface area (Å²) in [6, 6.07) is 0. The van der Waals surface area contributed by atoms with Crippen LogP contribution in [0.4, 0.5) is 0 Å². The molecule has 2 unspecified atom stereocenters. The molecule has 17 heavy (non-hydrogen) atoms. The maximum Gasteiger partial charge on any atom is 0.333 e. The van der Waals surface area contributed by atoms with Gasteiger partial charge in [-0.1, -0.05) is 6.08 Å². The number of rotatable bonds is 5. The molecule has 1 N–H and O–H groups in total. The molecule has 0 aromatic heterocycles. The first-order valence-electron chi connectivity index (χ1n) is 5.61. The van der Waals surface area contributed by atoms with E-state index in [0.29, 0.717) is 13.0 Å². The third kappa shape index (κ3) is 3.52. The van der Waals surface area contributed by atoms with Crippen LogP contribution < -0.4 is 0 Å². The molecule has 0 saturated carbocycles. The van der Waals surface area contributed by atoms with Crippen LogP contribution in [0.5, 0.6) is 0 Å². The molecule has 0 amide bonds. The fourth-order valence-corrected chi connectivity index (χ4v) is 2.04. The molecule has 0 aromatic rings. The molecule has 3 atom stereocenters. The van der Waals surface area contributed by atoms with Crippen LogP contribution in [0.15, 0.2) is 12.7 Å². The maximum atomic E-state index is 11.1. The summed E-state index contributed by atoms with van der Waals surface area (Å²) in [6.07, 6.45) is 1.02. The number of hydrogen-bond donors (Lipinski definition) is 1. The Bertz CT molecular complexity index is 287. The molecular weight excluding hydrogens is 224 g/mol. The minimum Gasteiger partial charge on any atom is -0.479 e. The highest BCUT2D eigenvalue weighted by Gasteiger charge is 2.39. The molecule has 5 heteroatoms. The van der Waals surface area contributed by atoms with Gasteiger partial charge in [0.05, 0.1) is 12.7 Å². The molecule has 5 nitrogen and oxygen atoms in total. The smallest absolute Gasteiger partial charge is 0.333 e. The number of carboxylic acids is 1. The van der Waals surface area contributed by atoms with Crippen LogP contribution >= 0.6 is 0 Å². The van der Waals surface area contributed by atoms with Crippen LogP contribution in [0.3, 0.4) is 0 Å². The van der Waals surface area contributed by atoms with Crippen molar-refractivity contribution in [2.24, 2.45) is 5.92 Å². The third-order valence-corrected chi connectivity index (χ3v) is 2.84. The zero-order valence-electron chi connectivity index (χ0n) is 10.5. The van der Waals surface area contributed by atoms with Gasteiger partial charge in [0.15, 0.2) is 11.9 Å². The van der Waals surface area contributed by atoms with Gasteiger partial charge in [-0.25, -0.2) is 4.79 Å². The first kappa shape index (κ1) is 14.2. The number of methoxy groups -OCH3 is 1. The van der Waals surface area contributed by atoms with Gasteiger partial charge in [0, 0.05) is 13.0 Å². The molecule has 1 saturated heterocycles. The van der Waals surface area contributed by atoms with Crippen molar-refractivity contribution in [3.63, 3.8) is 0 Å². The lowest BCUT2D eigenvalue weighted by atomic mass is 9.92.